The molecule has 0 aliphatic carbocycles. The number of ether oxygens (including phenoxy) is 1. The summed E-state index contributed by atoms with van der Waals surface area (Å²) >= 11 is 2.02. The molecule has 0 radical (unpaired) electrons. The number of alkyl carbamates (subject to hydrolysis) is 1. The number of aldehydes is 1. The van der Waals surface area contributed by atoms with Crippen molar-refractivity contribution in [3.63, 3.8) is 0 Å². The van der Waals surface area contributed by atoms with Gasteiger partial charge in [0.25, 0.3) is 0 Å². The van der Waals surface area contributed by atoms with Crippen LogP contribution in [-0.4, -0.2) is 28.4 Å². The smallest absolute Gasteiger partial charge is 0.408 e. The van der Waals surface area contributed by atoms with Crippen molar-refractivity contribution in [2.75, 3.05) is 4.43 Å². The number of amides is 1. The van der Waals surface area contributed by atoms with Crippen molar-refractivity contribution in [2.24, 2.45) is 0 Å². The van der Waals surface area contributed by atoms with E-state index in [1.165, 1.54) is 0 Å². The molecule has 0 bridgehead atoms. The van der Waals surface area contributed by atoms with Gasteiger partial charge in [-0.05, 0) is 20.8 Å². The first-order valence-electron chi connectivity index (χ1n) is 3.90. The summed E-state index contributed by atoms with van der Waals surface area (Å²) in [5.41, 5.74) is -0.525. The summed E-state index contributed by atoms with van der Waals surface area (Å²) in [6, 6.07) is -0.463. The Morgan fingerprint density at radius 2 is 2.15 bits per heavy atom. The molecule has 0 aliphatic rings. The van der Waals surface area contributed by atoms with Gasteiger partial charge in [0.05, 0.1) is 6.04 Å². The lowest BCUT2D eigenvalue weighted by Crippen LogP contribution is -2.40. The van der Waals surface area contributed by atoms with Crippen LogP contribution in [0.1, 0.15) is 20.8 Å². The van der Waals surface area contributed by atoms with Crippen molar-refractivity contribution in [3.8, 4) is 0 Å². The highest BCUT2D eigenvalue weighted by molar-refractivity contribution is 14.1. The van der Waals surface area contributed by atoms with Gasteiger partial charge >= 0.3 is 6.09 Å². The minimum atomic E-state index is -0.554. The summed E-state index contributed by atoms with van der Waals surface area (Å²) in [7, 11) is 0. The molecule has 0 aromatic carbocycles. The molecule has 1 unspecified atom stereocenters. The van der Waals surface area contributed by atoms with Crippen molar-refractivity contribution in [3.05, 3.63) is 0 Å². The molecule has 76 valence electrons. The normalized spacial score (nSPS) is 13.2. The highest BCUT2D eigenvalue weighted by atomic mass is 127. The first-order chi connectivity index (χ1) is 5.89. The first-order valence-corrected chi connectivity index (χ1v) is 5.42. The maximum atomic E-state index is 11.1. The van der Waals surface area contributed by atoms with Crippen molar-refractivity contribution < 1.29 is 14.3 Å². The lowest BCUT2D eigenvalue weighted by molar-refractivity contribution is -0.109. The lowest BCUT2D eigenvalue weighted by Gasteiger charge is -2.20. The van der Waals surface area contributed by atoms with E-state index >= 15 is 0 Å². The van der Waals surface area contributed by atoms with Gasteiger partial charge < -0.3 is 14.8 Å². The summed E-state index contributed by atoms with van der Waals surface area (Å²) in [6.07, 6.45) is 0.136. The van der Waals surface area contributed by atoms with Crippen molar-refractivity contribution >= 4 is 35.0 Å². The Morgan fingerprint density at radius 3 is 2.46 bits per heavy atom. The second kappa shape index (κ2) is 5.41. The summed E-state index contributed by atoms with van der Waals surface area (Å²) in [4.78, 5) is 21.5. The predicted octanol–water partition coefficient (Wildman–Crippen LogP) is 1.51. The van der Waals surface area contributed by atoms with Gasteiger partial charge in [-0.1, -0.05) is 22.6 Å². The largest absolute Gasteiger partial charge is 0.444 e. The molecule has 0 aromatic heterocycles. The molecule has 1 N–H and O–H groups in total. The summed E-state index contributed by atoms with van der Waals surface area (Å²) < 4.78 is 5.50. The van der Waals surface area contributed by atoms with Gasteiger partial charge in [0.1, 0.15) is 11.9 Å². The Balaban J connectivity index is 3.93. The average Bonchev–Trinajstić information content (AvgIpc) is 1.96. The average molecular weight is 299 g/mol. The third-order valence-corrected chi connectivity index (χ3v) is 1.98. The van der Waals surface area contributed by atoms with Crippen LogP contribution < -0.4 is 5.32 Å². The molecule has 5 heteroatoms. The Labute approximate surface area is 91.5 Å². The minimum Gasteiger partial charge on any atom is -0.444 e. The zero-order valence-electron chi connectivity index (χ0n) is 7.96. The van der Waals surface area contributed by atoms with Gasteiger partial charge in [-0.15, -0.1) is 0 Å². The van der Waals surface area contributed by atoms with Crippen LogP contribution in [0, 0.1) is 0 Å². The van der Waals surface area contributed by atoms with E-state index in [9.17, 15) is 9.59 Å². The molecule has 0 aliphatic heterocycles. The van der Waals surface area contributed by atoms with Crippen LogP contribution in [0.3, 0.4) is 0 Å². The van der Waals surface area contributed by atoms with Gasteiger partial charge in [0.2, 0.25) is 0 Å². The number of halogens is 1. The van der Waals surface area contributed by atoms with Gasteiger partial charge in [0, 0.05) is 4.43 Å². The first kappa shape index (κ1) is 12.7. The molecule has 0 heterocycles. The minimum absolute atomic E-state index is 0.463. The maximum absolute atomic E-state index is 11.1. The third-order valence-electron chi connectivity index (χ3n) is 1.03. The Bertz CT molecular complexity index is 188. The molecule has 1 atom stereocenters. The molecule has 0 saturated heterocycles. The van der Waals surface area contributed by atoms with Gasteiger partial charge in [-0.25, -0.2) is 4.79 Å². The van der Waals surface area contributed by atoms with E-state index in [2.05, 4.69) is 5.32 Å². The Kier molecular flexibility index (Phi) is 5.27. The van der Waals surface area contributed by atoms with Crippen LogP contribution in [0.2, 0.25) is 0 Å². The fourth-order valence-corrected chi connectivity index (χ4v) is 0.996. The van der Waals surface area contributed by atoms with E-state index in [1.54, 1.807) is 20.8 Å². The molecule has 13 heavy (non-hydrogen) atoms. The van der Waals surface area contributed by atoms with Crippen molar-refractivity contribution in [1.29, 1.82) is 0 Å². The highest BCUT2D eigenvalue weighted by Crippen LogP contribution is 2.06. The number of carbonyl (C=O) groups excluding carboxylic acids is 2. The standard InChI is InChI=1S/C8H14INO3/c1-8(2,3)13-7(12)10-6(4-9)5-11/h5-6H,4H2,1-3H3,(H,10,12). The SMILES string of the molecule is CC(C)(C)OC(=O)NC(C=O)CI. The fourth-order valence-electron chi connectivity index (χ4n) is 0.568. The Hall–Kier alpha value is -0.330. The topological polar surface area (TPSA) is 55.4 Å². The number of hydrogen-bond donors (Lipinski definition) is 1. The van der Waals surface area contributed by atoms with Crippen LogP contribution in [-0.2, 0) is 9.53 Å². The number of alkyl halides is 1. The van der Waals surface area contributed by atoms with Crippen molar-refractivity contribution in [1.82, 2.24) is 5.32 Å². The molecule has 0 spiro atoms. The zero-order valence-corrected chi connectivity index (χ0v) is 10.1. The van der Waals surface area contributed by atoms with E-state index in [4.69, 9.17) is 4.74 Å². The predicted molar refractivity (Wildman–Crippen MR) is 58.1 cm³/mol. The van der Waals surface area contributed by atoms with Gasteiger partial charge in [0.15, 0.2) is 0 Å². The van der Waals surface area contributed by atoms with Gasteiger partial charge in [-0.2, -0.15) is 0 Å². The number of carbonyl (C=O) groups is 2. The molecular formula is C8H14INO3. The van der Waals surface area contributed by atoms with Crippen LogP contribution in [0.25, 0.3) is 0 Å². The van der Waals surface area contributed by atoms with Crippen LogP contribution >= 0.6 is 22.6 Å². The zero-order chi connectivity index (χ0) is 10.5. The monoisotopic (exact) mass is 299 g/mol. The van der Waals surface area contributed by atoms with E-state index in [0.29, 0.717) is 10.7 Å². The van der Waals surface area contributed by atoms with Gasteiger partial charge in [-0.3, -0.25) is 0 Å². The lowest BCUT2D eigenvalue weighted by atomic mass is 10.2. The second-order valence-corrected chi connectivity index (χ2v) is 4.42. The molecule has 0 aromatic rings. The highest BCUT2D eigenvalue weighted by Gasteiger charge is 2.18. The van der Waals surface area contributed by atoms with E-state index in [1.807, 2.05) is 22.6 Å². The Morgan fingerprint density at radius 1 is 1.62 bits per heavy atom. The van der Waals surface area contributed by atoms with Crippen LogP contribution in [0.15, 0.2) is 0 Å². The van der Waals surface area contributed by atoms with E-state index in [-0.39, 0.29) is 0 Å². The molecular weight excluding hydrogens is 285 g/mol. The molecule has 4 nitrogen and oxygen atoms in total. The number of rotatable bonds is 3. The van der Waals surface area contributed by atoms with Crippen LogP contribution in [0.5, 0.6) is 0 Å². The summed E-state index contributed by atoms with van der Waals surface area (Å²) in [6.45, 7) is 5.31. The molecule has 1 amide bonds. The van der Waals surface area contributed by atoms with Crippen LogP contribution in [0.4, 0.5) is 4.79 Å². The summed E-state index contributed by atoms with van der Waals surface area (Å²) in [5, 5.41) is 2.44. The maximum Gasteiger partial charge on any atom is 0.408 e. The quantitative estimate of drug-likeness (QED) is 0.488. The third kappa shape index (κ3) is 6.80. The van der Waals surface area contributed by atoms with Crippen molar-refractivity contribution in [2.45, 2.75) is 32.4 Å². The molecule has 0 rings (SSSR count). The summed E-state index contributed by atoms with van der Waals surface area (Å²) in [5.74, 6) is 0. The van der Waals surface area contributed by atoms with E-state index < -0.39 is 17.7 Å². The fraction of sp³-hybridized carbons (Fsp3) is 0.750. The molecule has 0 fully saturated rings. The number of nitrogens with one attached hydrogen (secondary N) is 1. The van der Waals surface area contributed by atoms with E-state index in [0.717, 1.165) is 0 Å². The number of hydrogen-bond acceptors (Lipinski definition) is 3. The second-order valence-electron chi connectivity index (χ2n) is 3.54. The molecule has 0 saturated carbocycles.